The molecule has 0 spiro atoms. The molecule has 4 heteroatoms. The Morgan fingerprint density at radius 1 is 0.481 bits per heavy atom. The van der Waals surface area contributed by atoms with Crippen molar-refractivity contribution in [3.05, 3.63) is 164 Å². The van der Waals surface area contributed by atoms with Gasteiger partial charge in [-0.2, -0.15) is 0 Å². The zero-order valence-corrected chi connectivity index (χ0v) is 30.7. The average molecular weight is 700 g/mol. The van der Waals surface area contributed by atoms with Crippen LogP contribution in [-0.2, 0) is 0 Å². The standard InChI is InChI=1S/C48H33NOSSi/c1-52(2)45-26-25-44-47(38-12-6-8-14-43(38)51-44)48(45)39-23-21-36(29-46(39)52)49(35-22-24-42-40(28-35)37-11-5-7-13-41(37)50-42)34-19-17-31(18-20-34)33-16-15-30-9-3-4-10-32(30)27-33/h3-29H,1-2H3. The van der Waals surface area contributed by atoms with Crippen molar-refractivity contribution in [3.8, 4) is 22.3 Å². The first-order valence-corrected chi connectivity index (χ1v) is 21.7. The lowest BCUT2D eigenvalue weighted by Gasteiger charge is -2.28. The molecule has 1 aliphatic heterocycles. The van der Waals surface area contributed by atoms with Crippen LogP contribution in [0.15, 0.2) is 168 Å². The van der Waals surface area contributed by atoms with Crippen LogP contribution in [0.2, 0.25) is 13.1 Å². The molecule has 0 aliphatic carbocycles. The Balaban J connectivity index is 1.09. The van der Waals surface area contributed by atoms with E-state index >= 15 is 0 Å². The molecule has 0 atom stereocenters. The average Bonchev–Trinajstić information content (AvgIpc) is 3.82. The van der Waals surface area contributed by atoms with Crippen molar-refractivity contribution < 1.29 is 4.42 Å². The maximum atomic E-state index is 6.26. The van der Waals surface area contributed by atoms with Crippen molar-refractivity contribution in [1.29, 1.82) is 0 Å². The second-order valence-corrected chi connectivity index (χ2v) is 19.9. The molecule has 246 valence electrons. The van der Waals surface area contributed by atoms with Crippen LogP contribution < -0.4 is 15.3 Å². The van der Waals surface area contributed by atoms with E-state index in [0.29, 0.717) is 0 Å². The monoisotopic (exact) mass is 699 g/mol. The van der Waals surface area contributed by atoms with E-state index in [2.05, 4.69) is 176 Å². The molecular weight excluding hydrogens is 667 g/mol. The zero-order valence-electron chi connectivity index (χ0n) is 28.9. The number of thiophene rings is 1. The van der Waals surface area contributed by atoms with Gasteiger partial charge in [0.15, 0.2) is 0 Å². The van der Waals surface area contributed by atoms with Crippen LogP contribution in [0.25, 0.3) is 75.1 Å². The number of rotatable bonds is 4. The molecule has 0 radical (unpaired) electrons. The molecule has 0 saturated heterocycles. The van der Waals surface area contributed by atoms with E-state index in [-0.39, 0.29) is 0 Å². The molecule has 0 fully saturated rings. The number of furan rings is 1. The lowest BCUT2D eigenvalue weighted by Crippen LogP contribution is -2.49. The van der Waals surface area contributed by atoms with E-state index in [4.69, 9.17) is 4.42 Å². The topological polar surface area (TPSA) is 16.4 Å². The van der Waals surface area contributed by atoms with Gasteiger partial charge in [-0.3, -0.25) is 0 Å². The van der Waals surface area contributed by atoms with E-state index < -0.39 is 8.07 Å². The molecule has 0 amide bonds. The molecule has 1 aliphatic rings. The lowest BCUT2D eigenvalue weighted by molar-refractivity contribution is 0.669. The highest BCUT2D eigenvalue weighted by atomic mass is 32.1. The second-order valence-electron chi connectivity index (χ2n) is 14.5. The van der Waals surface area contributed by atoms with Crippen molar-refractivity contribution in [2.45, 2.75) is 13.1 Å². The van der Waals surface area contributed by atoms with Gasteiger partial charge in [-0.1, -0.05) is 110 Å². The van der Waals surface area contributed by atoms with Crippen molar-refractivity contribution in [3.63, 3.8) is 0 Å². The Morgan fingerprint density at radius 3 is 2.06 bits per heavy atom. The summed E-state index contributed by atoms with van der Waals surface area (Å²) in [6.07, 6.45) is 0. The predicted octanol–water partition coefficient (Wildman–Crippen LogP) is 13.0. The third kappa shape index (κ3) is 4.35. The predicted molar refractivity (Wildman–Crippen MR) is 226 cm³/mol. The Hall–Kier alpha value is -5.94. The van der Waals surface area contributed by atoms with Crippen molar-refractivity contribution in [2.75, 3.05) is 4.90 Å². The number of fused-ring (bicyclic) bond motifs is 11. The van der Waals surface area contributed by atoms with Crippen LogP contribution in [0.4, 0.5) is 17.1 Å². The van der Waals surface area contributed by atoms with Gasteiger partial charge in [-0.15, -0.1) is 11.3 Å². The minimum Gasteiger partial charge on any atom is -0.456 e. The van der Waals surface area contributed by atoms with Gasteiger partial charge in [-0.05, 0) is 110 Å². The highest BCUT2D eigenvalue weighted by molar-refractivity contribution is 7.26. The Labute approximate surface area is 306 Å². The van der Waals surface area contributed by atoms with Gasteiger partial charge < -0.3 is 9.32 Å². The van der Waals surface area contributed by atoms with Crippen LogP contribution in [0, 0.1) is 0 Å². The first kappa shape index (κ1) is 29.8. The first-order valence-electron chi connectivity index (χ1n) is 17.9. The van der Waals surface area contributed by atoms with E-state index in [9.17, 15) is 0 Å². The summed E-state index contributed by atoms with van der Waals surface area (Å²) in [7, 11) is -2.02. The summed E-state index contributed by atoms with van der Waals surface area (Å²) in [6.45, 7) is 5.04. The fourth-order valence-corrected chi connectivity index (χ4v) is 12.8. The van der Waals surface area contributed by atoms with E-state index in [1.165, 1.54) is 69.3 Å². The molecule has 2 nitrogen and oxygen atoms in total. The van der Waals surface area contributed by atoms with Crippen molar-refractivity contribution in [2.24, 2.45) is 0 Å². The summed E-state index contributed by atoms with van der Waals surface area (Å²) in [4.78, 5) is 2.43. The van der Waals surface area contributed by atoms with Gasteiger partial charge in [0, 0.05) is 48.0 Å². The van der Waals surface area contributed by atoms with Crippen molar-refractivity contribution in [1.82, 2.24) is 0 Å². The molecule has 0 unspecified atom stereocenters. The lowest BCUT2D eigenvalue weighted by atomic mass is 9.99. The van der Waals surface area contributed by atoms with Crippen LogP contribution in [-0.4, -0.2) is 8.07 Å². The molecule has 11 rings (SSSR count). The number of hydrogen-bond acceptors (Lipinski definition) is 3. The normalized spacial score (nSPS) is 13.3. The number of anilines is 3. The highest BCUT2D eigenvalue weighted by Crippen LogP contribution is 2.45. The zero-order chi connectivity index (χ0) is 34.6. The van der Waals surface area contributed by atoms with Crippen LogP contribution in [0.3, 0.4) is 0 Å². The summed E-state index contributed by atoms with van der Waals surface area (Å²) in [5.41, 5.74) is 10.5. The minimum atomic E-state index is -2.02. The van der Waals surface area contributed by atoms with Crippen LogP contribution in [0.5, 0.6) is 0 Å². The Morgan fingerprint density at radius 2 is 1.17 bits per heavy atom. The summed E-state index contributed by atoms with van der Waals surface area (Å²) in [5.74, 6) is 0. The van der Waals surface area contributed by atoms with Gasteiger partial charge in [0.25, 0.3) is 0 Å². The number of nitrogens with zero attached hydrogens (tertiary/aromatic N) is 1. The first-order chi connectivity index (χ1) is 25.5. The molecule has 0 N–H and O–H groups in total. The van der Waals surface area contributed by atoms with Crippen molar-refractivity contribution >= 4 is 99.7 Å². The summed E-state index contributed by atoms with van der Waals surface area (Å²) in [6, 6.07) is 60.3. The largest absolute Gasteiger partial charge is 0.456 e. The summed E-state index contributed by atoms with van der Waals surface area (Å²) < 4.78 is 8.99. The van der Waals surface area contributed by atoms with Crippen LogP contribution in [0.1, 0.15) is 0 Å². The van der Waals surface area contributed by atoms with Gasteiger partial charge >= 0.3 is 0 Å². The summed E-state index contributed by atoms with van der Waals surface area (Å²) >= 11 is 1.91. The number of benzene rings is 8. The smallest absolute Gasteiger partial charge is 0.135 e. The fraction of sp³-hybridized carbons (Fsp3) is 0.0417. The van der Waals surface area contributed by atoms with Gasteiger partial charge in [-0.25, -0.2) is 0 Å². The molecule has 3 heterocycles. The molecule has 0 bridgehead atoms. The van der Waals surface area contributed by atoms with E-state index in [1.807, 2.05) is 17.4 Å². The summed E-state index contributed by atoms with van der Waals surface area (Å²) in [5, 5.41) is 10.6. The fourth-order valence-electron chi connectivity index (χ4n) is 8.64. The third-order valence-electron chi connectivity index (χ3n) is 11.2. The van der Waals surface area contributed by atoms with Gasteiger partial charge in [0.05, 0.1) is 0 Å². The third-order valence-corrected chi connectivity index (χ3v) is 15.9. The molecular formula is C48H33NOSSi. The quantitative estimate of drug-likeness (QED) is 0.170. The maximum absolute atomic E-state index is 6.26. The van der Waals surface area contributed by atoms with Gasteiger partial charge in [0.1, 0.15) is 19.2 Å². The Bertz CT molecular complexity index is 3060. The number of para-hydroxylation sites is 1. The molecule has 52 heavy (non-hydrogen) atoms. The highest BCUT2D eigenvalue weighted by Gasteiger charge is 2.39. The van der Waals surface area contributed by atoms with Gasteiger partial charge in [0.2, 0.25) is 0 Å². The minimum absolute atomic E-state index is 0.904. The SMILES string of the molecule is C[Si]1(C)c2cc(N(c3ccc(-c4ccc5ccccc5c4)cc3)c3ccc4oc5ccccc5c4c3)ccc2-c2c1ccc1sc3ccccc3c21. The Kier molecular flexibility index (Phi) is 6.31. The maximum Gasteiger partial charge on any atom is 0.135 e. The number of hydrogen-bond donors (Lipinski definition) is 0. The van der Waals surface area contributed by atoms with E-state index in [0.717, 1.165) is 33.3 Å². The second kappa shape index (κ2) is 11.0. The molecule has 0 saturated carbocycles. The van der Waals surface area contributed by atoms with Crippen LogP contribution >= 0.6 is 11.3 Å². The van der Waals surface area contributed by atoms with E-state index in [1.54, 1.807) is 0 Å². The molecule has 8 aromatic carbocycles. The molecule has 10 aromatic rings. The molecule has 2 aromatic heterocycles.